The first-order chi connectivity index (χ1) is 4.92. The van der Waals surface area contributed by atoms with Gasteiger partial charge in [-0.25, -0.2) is 0 Å². The van der Waals surface area contributed by atoms with Crippen LogP contribution in [0.15, 0.2) is 0 Å². The number of nitrogens with one attached hydrogen (secondary N) is 1. The van der Waals surface area contributed by atoms with E-state index in [1.54, 1.807) is 20.1 Å². The van der Waals surface area contributed by atoms with E-state index in [9.17, 15) is 9.32 Å². The summed E-state index contributed by atoms with van der Waals surface area (Å²) < 4.78 is 10.6. The molecule has 0 aromatic heterocycles. The predicted octanol–water partition coefficient (Wildman–Crippen LogP) is -0.275. The first kappa shape index (κ1) is 11.1. The molecule has 1 unspecified atom stereocenters. The first-order valence-corrected chi connectivity index (χ1v) is 5.38. The highest BCUT2D eigenvalue weighted by Crippen LogP contribution is 1.96. The van der Waals surface area contributed by atoms with E-state index in [0.29, 0.717) is 18.8 Å². The molecule has 0 aromatic rings. The van der Waals surface area contributed by atoms with Gasteiger partial charge in [0.25, 0.3) is 0 Å². The average Bonchev–Trinajstić information content (AvgIpc) is 1.78. The van der Waals surface area contributed by atoms with Gasteiger partial charge in [-0.15, -0.1) is 0 Å². The molecule has 3 nitrogen and oxygen atoms in total. The summed E-state index contributed by atoms with van der Waals surface area (Å²) in [5.41, 5.74) is -0.671. The van der Waals surface area contributed by atoms with Crippen molar-refractivity contribution in [2.75, 3.05) is 25.1 Å². The maximum absolute atomic E-state index is 10.6. The second kappa shape index (κ2) is 4.85. The van der Waals surface area contributed by atoms with E-state index in [4.69, 9.17) is 0 Å². The highest BCUT2D eigenvalue weighted by atomic mass is 32.2. The van der Waals surface area contributed by atoms with Crippen molar-refractivity contribution in [3.63, 3.8) is 0 Å². The van der Waals surface area contributed by atoms with Gasteiger partial charge >= 0.3 is 0 Å². The molecule has 0 saturated heterocycles. The summed E-state index contributed by atoms with van der Waals surface area (Å²) >= 11 is 0. The van der Waals surface area contributed by atoms with Crippen LogP contribution in [0.2, 0.25) is 0 Å². The van der Waals surface area contributed by atoms with Gasteiger partial charge in [0.2, 0.25) is 0 Å². The van der Waals surface area contributed by atoms with Crippen LogP contribution >= 0.6 is 0 Å². The van der Waals surface area contributed by atoms with E-state index in [0.717, 1.165) is 0 Å². The Balaban J connectivity index is 3.22. The Kier molecular flexibility index (Phi) is 4.88. The second-order valence-corrected chi connectivity index (χ2v) is 4.82. The third-order valence-electron chi connectivity index (χ3n) is 1.12. The lowest BCUT2D eigenvalue weighted by molar-refractivity contribution is 0.0805. The molecule has 11 heavy (non-hydrogen) atoms. The molecular weight excluding hydrogens is 162 g/mol. The van der Waals surface area contributed by atoms with Crippen LogP contribution in [-0.4, -0.2) is 40.0 Å². The fourth-order valence-corrected chi connectivity index (χ4v) is 1.04. The van der Waals surface area contributed by atoms with E-state index in [2.05, 4.69) is 5.32 Å². The number of hydrogen-bond donors (Lipinski definition) is 2. The van der Waals surface area contributed by atoms with Crippen molar-refractivity contribution in [3.8, 4) is 0 Å². The maximum Gasteiger partial charge on any atom is 0.0715 e. The monoisotopic (exact) mass is 179 g/mol. The molecule has 4 heteroatoms. The summed E-state index contributed by atoms with van der Waals surface area (Å²) in [7, 11) is -0.738. The standard InChI is InChI=1S/C7H17NO2S/c1-7(2,9)6-8-4-5-11(3)10/h8-9H,4-6H2,1-3H3. The minimum Gasteiger partial charge on any atom is -0.389 e. The average molecular weight is 179 g/mol. The van der Waals surface area contributed by atoms with Gasteiger partial charge < -0.3 is 10.4 Å². The van der Waals surface area contributed by atoms with Crippen molar-refractivity contribution in [1.82, 2.24) is 5.32 Å². The number of hydrogen-bond acceptors (Lipinski definition) is 3. The van der Waals surface area contributed by atoms with Crippen molar-refractivity contribution < 1.29 is 9.32 Å². The molecular formula is C7H17NO2S. The molecule has 0 amide bonds. The molecule has 0 saturated carbocycles. The molecule has 0 aliphatic carbocycles. The van der Waals surface area contributed by atoms with Gasteiger partial charge in [-0.2, -0.15) is 0 Å². The van der Waals surface area contributed by atoms with E-state index in [-0.39, 0.29) is 0 Å². The number of aliphatic hydroxyl groups is 1. The normalized spacial score (nSPS) is 14.9. The third-order valence-corrected chi connectivity index (χ3v) is 1.90. The summed E-state index contributed by atoms with van der Waals surface area (Å²) in [5.74, 6) is 0.649. The zero-order valence-corrected chi connectivity index (χ0v) is 8.20. The molecule has 0 aromatic carbocycles. The van der Waals surface area contributed by atoms with E-state index >= 15 is 0 Å². The van der Waals surface area contributed by atoms with Crippen molar-refractivity contribution in [2.24, 2.45) is 0 Å². The van der Waals surface area contributed by atoms with E-state index < -0.39 is 16.4 Å². The highest BCUT2D eigenvalue weighted by molar-refractivity contribution is 7.84. The van der Waals surface area contributed by atoms with Crippen LogP contribution in [0.25, 0.3) is 0 Å². The molecule has 0 fully saturated rings. The Hall–Kier alpha value is 0.0700. The topological polar surface area (TPSA) is 49.3 Å². The lowest BCUT2D eigenvalue weighted by atomic mass is 10.1. The van der Waals surface area contributed by atoms with E-state index in [1.807, 2.05) is 0 Å². The third kappa shape index (κ3) is 10.1. The molecule has 0 rings (SSSR count). The minimum absolute atomic E-state index is 0.546. The van der Waals surface area contributed by atoms with Crippen LogP contribution < -0.4 is 5.32 Å². The summed E-state index contributed by atoms with van der Waals surface area (Å²) in [6.07, 6.45) is 1.67. The van der Waals surface area contributed by atoms with Gasteiger partial charge in [0.05, 0.1) is 5.60 Å². The van der Waals surface area contributed by atoms with Crippen LogP contribution in [0.5, 0.6) is 0 Å². The molecule has 0 radical (unpaired) electrons. The van der Waals surface area contributed by atoms with Crippen LogP contribution in [0.1, 0.15) is 13.8 Å². The van der Waals surface area contributed by atoms with Crippen molar-refractivity contribution in [3.05, 3.63) is 0 Å². The van der Waals surface area contributed by atoms with Crippen molar-refractivity contribution in [1.29, 1.82) is 0 Å². The van der Waals surface area contributed by atoms with Gasteiger partial charge in [0.15, 0.2) is 0 Å². The zero-order chi connectivity index (χ0) is 8.91. The fraction of sp³-hybridized carbons (Fsp3) is 1.00. The minimum atomic E-state index is -0.738. The molecule has 0 bridgehead atoms. The maximum atomic E-state index is 10.6. The molecule has 0 spiro atoms. The van der Waals surface area contributed by atoms with Crippen molar-refractivity contribution >= 4 is 10.8 Å². The van der Waals surface area contributed by atoms with Crippen molar-refractivity contribution in [2.45, 2.75) is 19.4 Å². The van der Waals surface area contributed by atoms with Gasteiger partial charge in [-0.05, 0) is 13.8 Å². The fourth-order valence-electron chi connectivity index (χ4n) is 0.610. The molecule has 68 valence electrons. The largest absolute Gasteiger partial charge is 0.389 e. The summed E-state index contributed by atoms with van der Waals surface area (Å²) in [5, 5.41) is 12.3. The quantitative estimate of drug-likeness (QED) is 0.571. The zero-order valence-electron chi connectivity index (χ0n) is 7.39. The Morgan fingerprint density at radius 1 is 1.55 bits per heavy atom. The molecule has 0 aliphatic rings. The molecule has 2 N–H and O–H groups in total. The SMILES string of the molecule is CS(=O)CCNCC(C)(C)O. The smallest absolute Gasteiger partial charge is 0.0715 e. The predicted molar refractivity (Wildman–Crippen MR) is 48.1 cm³/mol. The van der Waals surface area contributed by atoms with Crippen LogP contribution in [-0.2, 0) is 10.8 Å². The first-order valence-electron chi connectivity index (χ1n) is 3.65. The lowest BCUT2D eigenvalue weighted by Crippen LogP contribution is -2.36. The summed E-state index contributed by atoms with van der Waals surface area (Å²) in [6.45, 7) is 4.73. The Morgan fingerprint density at radius 2 is 2.09 bits per heavy atom. The van der Waals surface area contributed by atoms with Gasteiger partial charge in [0.1, 0.15) is 0 Å². The highest BCUT2D eigenvalue weighted by Gasteiger charge is 2.10. The molecule has 1 atom stereocenters. The van der Waals surface area contributed by atoms with Gasteiger partial charge in [-0.1, -0.05) is 0 Å². The van der Waals surface area contributed by atoms with Gasteiger partial charge in [-0.3, -0.25) is 4.21 Å². The summed E-state index contributed by atoms with van der Waals surface area (Å²) in [6, 6.07) is 0. The number of rotatable bonds is 5. The lowest BCUT2D eigenvalue weighted by Gasteiger charge is -2.17. The second-order valence-electron chi connectivity index (χ2n) is 3.27. The Morgan fingerprint density at radius 3 is 2.45 bits per heavy atom. The van der Waals surface area contributed by atoms with E-state index in [1.165, 1.54) is 0 Å². The van der Waals surface area contributed by atoms with Gasteiger partial charge in [0, 0.05) is 35.9 Å². The Labute approximate surface area is 70.6 Å². The van der Waals surface area contributed by atoms with Crippen LogP contribution in [0.3, 0.4) is 0 Å². The van der Waals surface area contributed by atoms with Crippen LogP contribution in [0.4, 0.5) is 0 Å². The summed E-state index contributed by atoms with van der Waals surface area (Å²) in [4.78, 5) is 0. The molecule has 0 aliphatic heterocycles. The molecule has 0 heterocycles. The Bertz CT molecular complexity index is 131. The van der Waals surface area contributed by atoms with Crippen LogP contribution in [0, 0.1) is 0 Å².